The average molecular weight is 285 g/mol. The summed E-state index contributed by atoms with van der Waals surface area (Å²) < 4.78 is 0. The van der Waals surface area contributed by atoms with Crippen molar-refractivity contribution in [1.29, 1.82) is 0 Å². The van der Waals surface area contributed by atoms with Crippen LogP contribution in [0.25, 0.3) is 0 Å². The molecule has 2 rings (SSSR count). The Morgan fingerprint density at radius 1 is 1.35 bits per heavy atom. The fourth-order valence-electron chi connectivity index (χ4n) is 2.15. The summed E-state index contributed by atoms with van der Waals surface area (Å²) in [5, 5.41) is 0. The van der Waals surface area contributed by atoms with E-state index in [1.807, 2.05) is 36.4 Å². The highest BCUT2D eigenvalue weighted by Gasteiger charge is 2.19. The van der Waals surface area contributed by atoms with Crippen LogP contribution in [0.2, 0.25) is 0 Å². The molecule has 0 radical (unpaired) electrons. The maximum Gasteiger partial charge on any atom is 0.268 e. The van der Waals surface area contributed by atoms with Gasteiger partial charge in [-0.25, -0.2) is 0 Å². The molecule has 1 aromatic carbocycles. The standard InChI is InChI=1S/C17H19NOS/c1-4-11-18(14-9-7-6-8-10-14)17(19)16-12-13(3)15(5-2)20-16/h4,6-10,12H,1,5,11H2,2-3H3. The Morgan fingerprint density at radius 2 is 2.05 bits per heavy atom. The molecule has 0 saturated carbocycles. The van der Waals surface area contributed by atoms with Crippen molar-refractivity contribution < 1.29 is 4.79 Å². The molecule has 1 heterocycles. The number of aryl methyl sites for hydroxylation is 2. The fraction of sp³-hybridized carbons (Fsp3) is 0.235. The first kappa shape index (κ1) is 14.5. The van der Waals surface area contributed by atoms with Gasteiger partial charge >= 0.3 is 0 Å². The van der Waals surface area contributed by atoms with Crippen LogP contribution in [0.4, 0.5) is 5.69 Å². The van der Waals surface area contributed by atoms with Crippen LogP contribution in [0, 0.1) is 6.92 Å². The largest absolute Gasteiger partial charge is 0.304 e. The number of rotatable bonds is 5. The second-order valence-corrected chi connectivity index (χ2v) is 5.75. The Kier molecular flexibility index (Phi) is 4.74. The number of para-hydroxylation sites is 1. The molecule has 0 aliphatic heterocycles. The number of hydrogen-bond acceptors (Lipinski definition) is 2. The molecule has 2 aromatic rings. The zero-order valence-corrected chi connectivity index (χ0v) is 12.7. The summed E-state index contributed by atoms with van der Waals surface area (Å²) in [4.78, 5) is 16.5. The second kappa shape index (κ2) is 6.53. The lowest BCUT2D eigenvalue weighted by Crippen LogP contribution is -2.30. The van der Waals surface area contributed by atoms with E-state index in [2.05, 4.69) is 20.4 Å². The molecule has 0 spiro atoms. The highest BCUT2D eigenvalue weighted by molar-refractivity contribution is 7.14. The van der Waals surface area contributed by atoms with E-state index in [0.29, 0.717) is 6.54 Å². The monoisotopic (exact) mass is 285 g/mol. The van der Waals surface area contributed by atoms with E-state index < -0.39 is 0 Å². The van der Waals surface area contributed by atoms with E-state index >= 15 is 0 Å². The van der Waals surface area contributed by atoms with E-state index in [1.54, 1.807) is 22.3 Å². The van der Waals surface area contributed by atoms with Crippen LogP contribution in [-0.4, -0.2) is 12.5 Å². The summed E-state index contributed by atoms with van der Waals surface area (Å²) in [6.45, 7) is 8.44. The summed E-state index contributed by atoms with van der Waals surface area (Å²) in [7, 11) is 0. The molecule has 0 aliphatic rings. The molecule has 104 valence electrons. The maximum atomic E-state index is 12.7. The van der Waals surface area contributed by atoms with Crippen molar-refractivity contribution in [2.45, 2.75) is 20.3 Å². The Bertz CT molecular complexity index is 601. The smallest absolute Gasteiger partial charge is 0.268 e. The minimum Gasteiger partial charge on any atom is -0.304 e. The van der Waals surface area contributed by atoms with E-state index in [4.69, 9.17) is 0 Å². The average Bonchev–Trinajstić information content (AvgIpc) is 2.86. The Labute approximate surface area is 124 Å². The molecular formula is C17H19NOS. The lowest BCUT2D eigenvalue weighted by molar-refractivity contribution is 0.0993. The van der Waals surface area contributed by atoms with E-state index in [-0.39, 0.29) is 5.91 Å². The van der Waals surface area contributed by atoms with Crippen LogP contribution < -0.4 is 4.90 Å². The number of thiophene rings is 1. The second-order valence-electron chi connectivity index (χ2n) is 4.61. The first-order valence-corrected chi connectivity index (χ1v) is 7.56. The Balaban J connectivity index is 2.33. The third kappa shape index (κ3) is 2.99. The molecule has 0 atom stereocenters. The third-order valence-corrected chi connectivity index (χ3v) is 4.55. The van der Waals surface area contributed by atoms with Crippen molar-refractivity contribution in [1.82, 2.24) is 0 Å². The number of benzene rings is 1. The van der Waals surface area contributed by atoms with Crippen LogP contribution in [0.1, 0.15) is 27.0 Å². The molecule has 1 amide bonds. The van der Waals surface area contributed by atoms with Crippen molar-refractivity contribution >= 4 is 22.9 Å². The van der Waals surface area contributed by atoms with Gasteiger partial charge < -0.3 is 4.90 Å². The Morgan fingerprint density at radius 3 is 2.60 bits per heavy atom. The fourth-order valence-corrected chi connectivity index (χ4v) is 3.21. The van der Waals surface area contributed by atoms with Crippen molar-refractivity contribution in [2.24, 2.45) is 0 Å². The SMILES string of the molecule is C=CCN(C(=O)c1cc(C)c(CC)s1)c1ccccc1. The maximum absolute atomic E-state index is 12.7. The Hall–Kier alpha value is -1.87. The minimum atomic E-state index is 0.0453. The summed E-state index contributed by atoms with van der Waals surface area (Å²) in [5.41, 5.74) is 2.11. The third-order valence-electron chi connectivity index (χ3n) is 3.18. The number of anilines is 1. The van der Waals surface area contributed by atoms with Gasteiger partial charge in [-0.15, -0.1) is 17.9 Å². The molecular weight excluding hydrogens is 266 g/mol. The number of carbonyl (C=O) groups is 1. The lowest BCUT2D eigenvalue weighted by atomic mass is 10.2. The predicted octanol–water partition coefficient (Wildman–Crippen LogP) is 4.45. The van der Waals surface area contributed by atoms with Crippen molar-refractivity contribution in [3.8, 4) is 0 Å². The molecule has 0 saturated heterocycles. The van der Waals surface area contributed by atoms with Crippen LogP contribution in [0.15, 0.2) is 49.1 Å². The number of amides is 1. The van der Waals surface area contributed by atoms with Crippen molar-refractivity contribution in [2.75, 3.05) is 11.4 Å². The quantitative estimate of drug-likeness (QED) is 0.743. The van der Waals surface area contributed by atoms with Gasteiger partial charge in [0.15, 0.2) is 0 Å². The molecule has 3 heteroatoms. The number of nitrogens with zero attached hydrogens (tertiary/aromatic N) is 1. The zero-order valence-electron chi connectivity index (χ0n) is 11.9. The normalized spacial score (nSPS) is 10.3. The van der Waals surface area contributed by atoms with Crippen LogP contribution in [0.5, 0.6) is 0 Å². The van der Waals surface area contributed by atoms with Gasteiger partial charge in [0.05, 0.1) is 4.88 Å². The van der Waals surface area contributed by atoms with Crippen LogP contribution >= 0.6 is 11.3 Å². The molecule has 0 aliphatic carbocycles. The summed E-state index contributed by atoms with van der Waals surface area (Å²) in [6, 6.07) is 11.7. The van der Waals surface area contributed by atoms with Crippen molar-refractivity contribution in [3.63, 3.8) is 0 Å². The first-order valence-electron chi connectivity index (χ1n) is 6.74. The van der Waals surface area contributed by atoms with Gasteiger partial charge in [-0.3, -0.25) is 4.79 Å². The van der Waals surface area contributed by atoms with Crippen LogP contribution in [-0.2, 0) is 6.42 Å². The van der Waals surface area contributed by atoms with Gasteiger partial charge in [-0.1, -0.05) is 31.2 Å². The van der Waals surface area contributed by atoms with Gasteiger partial charge in [0.25, 0.3) is 5.91 Å². The van der Waals surface area contributed by atoms with Gasteiger partial charge in [0, 0.05) is 17.1 Å². The molecule has 0 fully saturated rings. The molecule has 0 bridgehead atoms. The topological polar surface area (TPSA) is 20.3 Å². The van der Waals surface area contributed by atoms with Gasteiger partial charge in [0.1, 0.15) is 0 Å². The summed E-state index contributed by atoms with van der Waals surface area (Å²) >= 11 is 1.59. The van der Waals surface area contributed by atoms with Crippen LogP contribution in [0.3, 0.4) is 0 Å². The van der Waals surface area contributed by atoms with Gasteiger partial charge in [0.2, 0.25) is 0 Å². The number of hydrogen-bond donors (Lipinski definition) is 0. The lowest BCUT2D eigenvalue weighted by Gasteiger charge is -2.20. The highest BCUT2D eigenvalue weighted by Crippen LogP contribution is 2.25. The molecule has 0 unspecified atom stereocenters. The molecule has 1 aromatic heterocycles. The summed E-state index contributed by atoms with van der Waals surface area (Å²) in [5.74, 6) is 0.0453. The summed E-state index contributed by atoms with van der Waals surface area (Å²) in [6.07, 6.45) is 2.72. The molecule has 20 heavy (non-hydrogen) atoms. The van der Waals surface area contributed by atoms with E-state index in [9.17, 15) is 4.79 Å². The zero-order chi connectivity index (χ0) is 14.5. The first-order chi connectivity index (χ1) is 9.67. The highest BCUT2D eigenvalue weighted by atomic mass is 32.1. The molecule has 2 nitrogen and oxygen atoms in total. The van der Waals surface area contributed by atoms with Gasteiger partial charge in [-0.05, 0) is 37.1 Å². The molecule has 0 N–H and O–H groups in total. The predicted molar refractivity (Wildman–Crippen MR) is 86.7 cm³/mol. The van der Waals surface area contributed by atoms with E-state index in [0.717, 1.165) is 17.0 Å². The van der Waals surface area contributed by atoms with Crippen molar-refractivity contribution in [3.05, 3.63) is 64.4 Å². The van der Waals surface area contributed by atoms with E-state index in [1.165, 1.54) is 10.4 Å². The number of carbonyl (C=O) groups excluding carboxylic acids is 1. The minimum absolute atomic E-state index is 0.0453. The van der Waals surface area contributed by atoms with Gasteiger partial charge in [-0.2, -0.15) is 0 Å².